The summed E-state index contributed by atoms with van der Waals surface area (Å²) in [6.07, 6.45) is 1.66. The highest BCUT2D eigenvalue weighted by Gasteiger charge is 2.07. The van der Waals surface area contributed by atoms with Crippen LogP contribution in [-0.2, 0) is 11.3 Å². The lowest BCUT2D eigenvalue weighted by Crippen LogP contribution is -2.01. The second-order valence-electron chi connectivity index (χ2n) is 4.84. The minimum absolute atomic E-state index is 0.367. The van der Waals surface area contributed by atoms with Crippen LogP contribution in [0.25, 0.3) is 10.9 Å². The van der Waals surface area contributed by atoms with Crippen LogP contribution in [0.5, 0.6) is 5.75 Å². The second-order valence-corrected chi connectivity index (χ2v) is 4.84. The maximum Gasteiger partial charge on any atom is 0.337 e. The number of rotatable bonds is 4. The third-order valence-corrected chi connectivity index (χ3v) is 3.33. The fraction of sp³-hybridized carbons (Fsp3) is 0.111. The normalized spacial score (nSPS) is 10.4. The van der Waals surface area contributed by atoms with Gasteiger partial charge < -0.3 is 9.47 Å². The van der Waals surface area contributed by atoms with E-state index in [9.17, 15) is 4.79 Å². The van der Waals surface area contributed by atoms with E-state index in [0.717, 1.165) is 16.5 Å². The number of pyridine rings is 1. The molecule has 0 saturated heterocycles. The highest BCUT2D eigenvalue weighted by Crippen LogP contribution is 2.20. The Balaban J connectivity index is 1.80. The molecule has 110 valence electrons. The molecule has 0 aliphatic carbocycles. The van der Waals surface area contributed by atoms with E-state index in [1.807, 2.05) is 42.5 Å². The summed E-state index contributed by atoms with van der Waals surface area (Å²) in [5, 5.41) is 0.915. The molecule has 4 heteroatoms. The van der Waals surface area contributed by atoms with Crippen LogP contribution in [0, 0.1) is 0 Å². The summed E-state index contributed by atoms with van der Waals surface area (Å²) < 4.78 is 10.4. The van der Waals surface area contributed by atoms with Gasteiger partial charge in [0.1, 0.15) is 12.4 Å². The Kier molecular flexibility index (Phi) is 4.01. The summed E-state index contributed by atoms with van der Waals surface area (Å²) in [4.78, 5) is 15.8. The molecule has 0 unspecified atom stereocenters. The Labute approximate surface area is 128 Å². The van der Waals surface area contributed by atoms with E-state index in [-0.39, 0.29) is 5.97 Å². The SMILES string of the molecule is COC(=O)c1ccc2cc(OCc3ccccc3)cnc2c1. The average Bonchev–Trinajstić information content (AvgIpc) is 2.59. The smallest absolute Gasteiger partial charge is 0.337 e. The molecule has 0 amide bonds. The van der Waals surface area contributed by atoms with Crippen molar-refractivity contribution in [1.29, 1.82) is 0 Å². The molecule has 3 aromatic rings. The summed E-state index contributed by atoms with van der Waals surface area (Å²) in [5.41, 5.74) is 2.32. The lowest BCUT2D eigenvalue weighted by atomic mass is 10.1. The standard InChI is InChI=1S/C18H15NO3/c1-21-18(20)15-8-7-14-9-16(11-19-17(14)10-15)22-12-13-5-3-2-4-6-13/h2-11H,12H2,1H3. The molecule has 0 spiro atoms. The molecule has 0 fully saturated rings. The van der Waals surface area contributed by atoms with E-state index >= 15 is 0 Å². The number of esters is 1. The molecular formula is C18H15NO3. The topological polar surface area (TPSA) is 48.4 Å². The van der Waals surface area contributed by atoms with Crippen LogP contribution in [-0.4, -0.2) is 18.1 Å². The number of hydrogen-bond donors (Lipinski definition) is 0. The van der Waals surface area contributed by atoms with Crippen molar-refractivity contribution in [1.82, 2.24) is 4.98 Å². The molecule has 22 heavy (non-hydrogen) atoms. The second kappa shape index (κ2) is 6.26. The van der Waals surface area contributed by atoms with Gasteiger partial charge in [0.15, 0.2) is 0 Å². The minimum atomic E-state index is -0.367. The van der Waals surface area contributed by atoms with Crippen molar-refractivity contribution in [2.45, 2.75) is 6.61 Å². The molecule has 4 nitrogen and oxygen atoms in total. The zero-order valence-corrected chi connectivity index (χ0v) is 12.2. The zero-order chi connectivity index (χ0) is 15.4. The predicted molar refractivity (Wildman–Crippen MR) is 83.9 cm³/mol. The first-order chi connectivity index (χ1) is 10.8. The van der Waals surface area contributed by atoms with Crippen LogP contribution in [0.3, 0.4) is 0 Å². The van der Waals surface area contributed by atoms with Gasteiger partial charge in [-0.25, -0.2) is 4.79 Å². The molecular weight excluding hydrogens is 278 g/mol. The van der Waals surface area contributed by atoms with Crippen molar-refractivity contribution in [2.75, 3.05) is 7.11 Å². The van der Waals surface area contributed by atoms with Gasteiger partial charge in [-0.1, -0.05) is 36.4 Å². The van der Waals surface area contributed by atoms with Crippen LogP contribution in [0.2, 0.25) is 0 Å². The molecule has 1 heterocycles. The molecule has 0 atom stereocenters. The molecule has 2 aromatic carbocycles. The molecule has 0 aliphatic rings. The molecule has 3 rings (SSSR count). The van der Waals surface area contributed by atoms with Gasteiger partial charge in [0.05, 0.1) is 24.4 Å². The highest BCUT2D eigenvalue weighted by molar-refractivity contribution is 5.94. The van der Waals surface area contributed by atoms with Gasteiger partial charge in [0, 0.05) is 5.39 Å². The Morgan fingerprint density at radius 3 is 2.68 bits per heavy atom. The van der Waals surface area contributed by atoms with Crippen molar-refractivity contribution in [3.8, 4) is 5.75 Å². The zero-order valence-electron chi connectivity index (χ0n) is 12.2. The van der Waals surface area contributed by atoms with Crippen LogP contribution in [0.15, 0.2) is 60.8 Å². The first-order valence-electron chi connectivity index (χ1n) is 6.91. The molecule has 0 bridgehead atoms. The molecule has 0 radical (unpaired) electrons. The van der Waals surface area contributed by atoms with Crippen LogP contribution >= 0.6 is 0 Å². The lowest BCUT2D eigenvalue weighted by Gasteiger charge is -2.07. The first kappa shape index (κ1) is 14.1. The number of fused-ring (bicyclic) bond motifs is 1. The Morgan fingerprint density at radius 2 is 1.91 bits per heavy atom. The Morgan fingerprint density at radius 1 is 1.09 bits per heavy atom. The summed E-state index contributed by atoms with van der Waals surface area (Å²) in [7, 11) is 1.36. The quantitative estimate of drug-likeness (QED) is 0.690. The summed E-state index contributed by atoms with van der Waals surface area (Å²) >= 11 is 0. The monoisotopic (exact) mass is 293 g/mol. The maximum atomic E-state index is 11.5. The van der Waals surface area contributed by atoms with Crippen LogP contribution in [0.1, 0.15) is 15.9 Å². The number of carbonyl (C=O) groups is 1. The van der Waals surface area contributed by atoms with Gasteiger partial charge in [-0.2, -0.15) is 0 Å². The Hall–Kier alpha value is -2.88. The van der Waals surface area contributed by atoms with Gasteiger partial charge in [-0.15, -0.1) is 0 Å². The lowest BCUT2D eigenvalue weighted by molar-refractivity contribution is 0.0601. The summed E-state index contributed by atoms with van der Waals surface area (Å²) in [6.45, 7) is 0.494. The third kappa shape index (κ3) is 3.06. The van der Waals surface area contributed by atoms with Gasteiger partial charge in [-0.05, 0) is 23.8 Å². The number of benzene rings is 2. The van der Waals surface area contributed by atoms with Crippen molar-refractivity contribution >= 4 is 16.9 Å². The predicted octanol–water partition coefficient (Wildman–Crippen LogP) is 3.60. The summed E-state index contributed by atoms with van der Waals surface area (Å²) in [5.74, 6) is 0.329. The van der Waals surface area contributed by atoms with Crippen LogP contribution < -0.4 is 4.74 Å². The van der Waals surface area contributed by atoms with Crippen molar-refractivity contribution < 1.29 is 14.3 Å². The number of hydrogen-bond acceptors (Lipinski definition) is 4. The van der Waals surface area contributed by atoms with E-state index < -0.39 is 0 Å². The van der Waals surface area contributed by atoms with Crippen molar-refractivity contribution in [3.05, 3.63) is 71.9 Å². The number of nitrogens with zero attached hydrogens (tertiary/aromatic N) is 1. The van der Waals surface area contributed by atoms with E-state index in [4.69, 9.17) is 9.47 Å². The van der Waals surface area contributed by atoms with E-state index in [0.29, 0.717) is 17.9 Å². The van der Waals surface area contributed by atoms with E-state index in [1.165, 1.54) is 7.11 Å². The van der Waals surface area contributed by atoms with Gasteiger partial charge >= 0.3 is 5.97 Å². The van der Waals surface area contributed by atoms with Crippen LogP contribution in [0.4, 0.5) is 0 Å². The molecule has 0 saturated carbocycles. The number of ether oxygens (including phenoxy) is 2. The van der Waals surface area contributed by atoms with Gasteiger partial charge in [0.25, 0.3) is 0 Å². The largest absolute Gasteiger partial charge is 0.487 e. The molecule has 1 aromatic heterocycles. The Bertz CT molecular complexity index is 800. The van der Waals surface area contributed by atoms with Crippen molar-refractivity contribution in [3.63, 3.8) is 0 Å². The average molecular weight is 293 g/mol. The number of methoxy groups -OCH3 is 1. The summed E-state index contributed by atoms with van der Waals surface area (Å²) in [6, 6.07) is 17.1. The first-order valence-corrected chi connectivity index (χ1v) is 6.91. The fourth-order valence-corrected chi connectivity index (χ4v) is 2.17. The maximum absolute atomic E-state index is 11.5. The number of aromatic nitrogens is 1. The third-order valence-electron chi connectivity index (χ3n) is 3.33. The molecule has 0 N–H and O–H groups in total. The van der Waals surface area contributed by atoms with E-state index in [2.05, 4.69) is 4.98 Å². The highest BCUT2D eigenvalue weighted by atomic mass is 16.5. The van der Waals surface area contributed by atoms with Crippen molar-refractivity contribution in [2.24, 2.45) is 0 Å². The number of carbonyl (C=O) groups excluding carboxylic acids is 1. The molecule has 0 aliphatic heterocycles. The van der Waals surface area contributed by atoms with Gasteiger partial charge in [0.2, 0.25) is 0 Å². The minimum Gasteiger partial charge on any atom is -0.487 e. The van der Waals surface area contributed by atoms with E-state index in [1.54, 1.807) is 18.3 Å². The van der Waals surface area contributed by atoms with Gasteiger partial charge in [-0.3, -0.25) is 4.98 Å². The fourth-order valence-electron chi connectivity index (χ4n) is 2.17.